The highest BCUT2D eigenvalue weighted by Gasteiger charge is 2.42. The second-order valence-electron chi connectivity index (χ2n) is 8.61. The molecular formula is C29H32N2O6. The molecule has 0 unspecified atom stereocenters. The topological polar surface area (TPSA) is 86.3 Å². The Morgan fingerprint density at radius 1 is 0.892 bits per heavy atom. The third-order valence-corrected chi connectivity index (χ3v) is 6.47. The molecular weight excluding hydrogens is 472 g/mol. The van der Waals surface area contributed by atoms with Gasteiger partial charge in [0.15, 0.2) is 11.5 Å². The van der Waals surface area contributed by atoms with Gasteiger partial charge in [-0.25, -0.2) is 0 Å². The van der Waals surface area contributed by atoms with E-state index in [4.69, 9.17) is 18.9 Å². The van der Waals surface area contributed by atoms with Crippen molar-refractivity contribution >= 4 is 23.2 Å². The molecule has 37 heavy (non-hydrogen) atoms. The number of nitrogens with zero attached hydrogens (tertiary/aromatic N) is 1. The van der Waals surface area contributed by atoms with Crippen molar-refractivity contribution in [2.75, 3.05) is 38.2 Å². The number of methoxy groups -OCH3 is 3. The molecule has 1 N–H and O–H groups in total. The van der Waals surface area contributed by atoms with Crippen LogP contribution in [0.25, 0.3) is 0 Å². The number of rotatable bonds is 9. The first-order valence-corrected chi connectivity index (χ1v) is 12.2. The molecule has 0 spiro atoms. The van der Waals surface area contributed by atoms with Gasteiger partial charge in [0.1, 0.15) is 11.5 Å². The van der Waals surface area contributed by atoms with Gasteiger partial charge in [0.05, 0.1) is 39.9 Å². The van der Waals surface area contributed by atoms with Crippen LogP contribution in [0.3, 0.4) is 0 Å². The van der Waals surface area contributed by atoms with Crippen LogP contribution in [0.5, 0.6) is 23.0 Å². The van der Waals surface area contributed by atoms with Crippen LogP contribution in [0.1, 0.15) is 31.4 Å². The van der Waals surface area contributed by atoms with Crippen molar-refractivity contribution in [3.63, 3.8) is 0 Å². The number of hydrogen-bond acceptors (Lipinski definition) is 6. The molecule has 3 aromatic carbocycles. The minimum Gasteiger partial charge on any atom is -0.497 e. The highest BCUT2D eigenvalue weighted by Crippen LogP contribution is 2.43. The molecule has 3 aromatic rings. The van der Waals surface area contributed by atoms with Crippen LogP contribution in [0.2, 0.25) is 0 Å². The number of anilines is 2. The molecule has 0 radical (unpaired) electrons. The third kappa shape index (κ3) is 5.63. The maximum Gasteiger partial charge on any atom is 0.229 e. The van der Waals surface area contributed by atoms with E-state index in [2.05, 4.69) is 5.32 Å². The second-order valence-corrected chi connectivity index (χ2v) is 8.61. The predicted octanol–water partition coefficient (Wildman–Crippen LogP) is 5.23. The Morgan fingerprint density at radius 2 is 1.57 bits per heavy atom. The number of ether oxygens (including phenoxy) is 4. The van der Waals surface area contributed by atoms with Crippen molar-refractivity contribution < 1.29 is 28.5 Å². The first-order valence-electron chi connectivity index (χ1n) is 12.2. The quantitative estimate of drug-likeness (QED) is 0.429. The maximum absolute atomic E-state index is 13.7. The molecule has 0 bridgehead atoms. The van der Waals surface area contributed by atoms with Gasteiger partial charge in [0.2, 0.25) is 11.8 Å². The minimum atomic E-state index is -0.558. The average molecular weight is 505 g/mol. The lowest BCUT2D eigenvalue weighted by atomic mass is 9.83. The largest absolute Gasteiger partial charge is 0.497 e. The zero-order valence-electron chi connectivity index (χ0n) is 21.5. The normalized spacial score (nSPS) is 17.2. The molecule has 0 aromatic heterocycles. The fourth-order valence-electron chi connectivity index (χ4n) is 4.67. The van der Waals surface area contributed by atoms with Crippen LogP contribution in [0.4, 0.5) is 11.4 Å². The number of amides is 2. The summed E-state index contributed by atoms with van der Waals surface area (Å²) in [5.41, 5.74) is 2.12. The number of carbonyl (C=O) groups excluding carboxylic acids is 2. The summed E-state index contributed by atoms with van der Waals surface area (Å²) in [4.78, 5) is 28.7. The molecule has 2 atom stereocenters. The van der Waals surface area contributed by atoms with E-state index in [-0.39, 0.29) is 18.2 Å². The number of piperidine rings is 1. The zero-order valence-corrected chi connectivity index (χ0v) is 21.5. The van der Waals surface area contributed by atoms with Gasteiger partial charge in [-0.05, 0) is 79.6 Å². The first kappa shape index (κ1) is 25.9. The van der Waals surface area contributed by atoms with Gasteiger partial charge in [0.25, 0.3) is 0 Å². The standard InChI is InChI=1S/C29H32N2O6/c1-5-37-23-11-7-20(8-12-23)30-29(33)24-15-17-27(32)31(21-9-13-22(34-2)14-10-21)28(24)19-6-16-25(35-3)26(18-19)36-4/h6-14,16,18,24,28H,5,15,17H2,1-4H3,(H,30,33)/t24-,28-/m0/s1. The SMILES string of the molecule is CCOc1ccc(NC(=O)[C@H]2CCC(=O)N(c3ccc(OC)cc3)[C@H]2c2ccc(OC)c(OC)c2)cc1. The van der Waals surface area contributed by atoms with Gasteiger partial charge in [-0.15, -0.1) is 0 Å². The molecule has 1 fully saturated rings. The van der Waals surface area contributed by atoms with Gasteiger partial charge in [-0.3, -0.25) is 9.59 Å². The minimum absolute atomic E-state index is 0.0601. The summed E-state index contributed by atoms with van der Waals surface area (Å²) < 4.78 is 21.7. The highest BCUT2D eigenvalue weighted by atomic mass is 16.5. The van der Waals surface area contributed by atoms with Crippen molar-refractivity contribution in [1.82, 2.24) is 0 Å². The lowest BCUT2D eigenvalue weighted by Gasteiger charge is -2.41. The summed E-state index contributed by atoms with van der Waals surface area (Å²) in [7, 11) is 4.72. The molecule has 0 saturated carbocycles. The Kier molecular flexibility index (Phi) is 8.18. The lowest BCUT2D eigenvalue weighted by molar-refractivity contribution is -0.125. The summed E-state index contributed by atoms with van der Waals surface area (Å²) in [6, 6.07) is 19.5. The van der Waals surface area contributed by atoms with E-state index in [1.165, 1.54) is 0 Å². The van der Waals surface area contributed by atoms with Crippen molar-refractivity contribution in [1.29, 1.82) is 0 Å². The lowest BCUT2D eigenvalue weighted by Crippen LogP contribution is -2.47. The van der Waals surface area contributed by atoms with Crippen molar-refractivity contribution in [3.8, 4) is 23.0 Å². The number of benzene rings is 3. The van der Waals surface area contributed by atoms with Crippen LogP contribution in [0.15, 0.2) is 66.7 Å². The van der Waals surface area contributed by atoms with Crippen LogP contribution < -0.4 is 29.2 Å². The van der Waals surface area contributed by atoms with Crippen molar-refractivity contribution in [2.45, 2.75) is 25.8 Å². The summed E-state index contributed by atoms with van der Waals surface area (Å²) >= 11 is 0. The molecule has 4 rings (SSSR count). The average Bonchev–Trinajstić information content (AvgIpc) is 2.93. The molecule has 8 heteroatoms. The Bertz CT molecular complexity index is 1230. The summed E-state index contributed by atoms with van der Waals surface area (Å²) in [6.45, 7) is 2.49. The first-order chi connectivity index (χ1) is 18.0. The fraction of sp³-hybridized carbons (Fsp3) is 0.310. The Morgan fingerprint density at radius 3 is 2.19 bits per heavy atom. The van der Waals surface area contributed by atoms with Crippen LogP contribution in [-0.4, -0.2) is 39.8 Å². The Hall–Kier alpha value is -4.20. The van der Waals surface area contributed by atoms with Crippen LogP contribution >= 0.6 is 0 Å². The van der Waals surface area contributed by atoms with E-state index in [0.29, 0.717) is 41.7 Å². The van der Waals surface area contributed by atoms with Crippen LogP contribution in [0, 0.1) is 5.92 Å². The predicted molar refractivity (Wildman–Crippen MR) is 142 cm³/mol. The highest BCUT2D eigenvalue weighted by molar-refractivity contribution is 6.00. The second kappa shape index (κ2) is 11.7. The zero-order chi connectivity index (χ0) is 26.4. The summed E-state index contributed by atoms with van der Waals surface area (Å²) in [5, 5.41) is 3.03. The molecule has 194 valence electrons. The van der Waals surface area contributed by atoms with E-state index < -0.39 is 12.0 Å². The molecule has 0 aliphatic carbocycles. The molecule has 2 amide bonds. The van der Waals surface area contributed by atoms with E-state index in [9.17, 15) is 9.59 Å². The number of carbonyl (C=O) groups is 2. The number of hydrogen-bond donors (Lipinski definition) is 1. The molecule has 1 aliphatic heterocycles. The molecule has 8 nitrogen and oxygen atoms in total. The van der Waals surface area contributed by atoms with Crippen LogP contribution in [-0.2, 0) is 9.59 Å². The monoisotopic (exact) mass is 504 g/mol. The molecule has 1 heterocycles. The van der Waals surface area contributed by atoms with E-state index in [1.807, 2.05) is 55.5 Å². The van der Waals surface area contributed by atoms with Gasteiger partial charge in [0, 0.05) is 17.8 Å². The van der Waals surface area contributed by atoms with Gasteiger partial charge < -0.3 is 29.2 Å². The maximum atomic E-state index is 13.7. The fourth-order valence-corrected chi connectivity index (χ4v) is 4.67. The van der Waals surface area contributed by atoms with Crippen molar-refractivity contribution in [2.24, 2.45) is 5.92 Å². The number of nitrogens with one attached hydrogen (secondary N) is 1. The summed E-state index contributed by atoms with van der Waals surface area (Å²) in [6.07, 6.45) is 0.657. The van der Waals surface area contributed by atoms with Gasteiger partial charge >= 0.3 is 0 Å². The van der Waals surface area contributed by atoms with E-state index >= 15 is 0 Å². The van der Waals surface area contributed by atoms with Gasteiger partial charge in [-0.2, -0.15) is 0 Å². The molecule has 1 saturated heterocycles. The Balaban J connectivity index is 1.73. The van der Waals surface area contributed by atoms with Gasteiger partial charge in [-0.1, -0.05) is 6.07 Å². The molecule has 1 aliphatic rings. The van der Waals surface area contributed by atoms with E-state index in [0.717, 1.165) is 11.3 Å². The third-order valence-electron chi connectivity index (χ3n) is 6.47. The summed E-state index contributed by atoms with van der Waals surface area (Å²) in [5.74, 6) is 1.77. The van der Waals surface area contributed by atoms with E-state index in [1.54, 1.807) is 44.4 Å². The Labute approximate surface area is 217 Å². The van der Waals surface area contributed by atoms with Crippen molar-refractivity contribution in [3.05, 3.63) is 72.3 Å². The smallest absolute Gasteiger partial charge is 0.229 e.